The first-order valence-electron chi connectivity index (χ1n) is 6.86. The van der Waals surface area contributed by atoms with Crippen molar-refractivity contribution in [2.75, 3.05) is 0 Å². The van der Waals surface area contributed by atoms with E-state index in [4.69, 9.17) is 0 Å². The molecule has 0 nitrogen and oxygen atoms in total. The van der Waals surface area contributed by atoms with E-state index in [1.807, 2.05) is 11.8 Å². The maximum atomic E-state index is 2.34. The van der Waals surface area contributed by atoms with Crippen molar-refractivity contribution in [2.45, 2.75) is 42.8 Å². The zero-order chi connectivity index (χ0) is 13.7. The van der Waals surface area contributed by atoms with Gasteiger partial charge in [0, 0.05) is 9.64 Å². The van der Waals surface area contributed by atoms with Gasteiger partial charge in [-0.05, 0) is 30.0 Å². The summed E-state index contributed by atoms with van der Waals surface area (Å²) in [5.41, 5.74) is 1.43. The molecule has 0 N–H and O–H groups in total. The molecule has 0 aliphatic rings. The highest BCUT2D eigenvalue weighted by Gasteiger charge is 2.23. The molecule has 0 saturated carbocycles. The smallest absolute Gasteiger partial charge is 0.0156 e. The van der Waals surface area contributed by atoms with Crippen LogP contribution in [0.1, 0.15) is 38.7 Å². The molecule has 1 heteroatoms. The molecule has 0 spiro atoms. The molecule has 100 valence electrons. The van der Waals surface area contributed by atoms with Crippen molar-refractivity contribution >= 4 is 11.8 Å². The summed E-state index contributed by atoms with van der Waals surface area (Å²) in [6, 6.07) is 21.5. The average Bonchev–Trinajstić information content (AvgIpc) is 2.39. The number of benzene rings is 2. The Hall–Kier alpha value is -1.21. The van der Waals surface area contributed by atoms with Crippen LogP contribution in [0.5, 0.6) is 0 Å². The molecular formula is C18H22S. The number of thioether (sulfide) groups is 1. The summed E-state index contributed by atoms with van der Waals surface area (Å²) in [5.74, 6) is 0.590. The topological polar surface area (TPSA) is 0 Å². The Balaban J connectivity index is 2.01. The van der Waals surface area contributed by atoms with Crippen molar-refractivity contribution in [1.29, 1.82) is 0 Å². The quantitative estimate of drug-likeness (QED) is 0.623. The second kappa shape index (κ2) is 6.29. The Labute approximate surface area is 121 Å². The molecule has 1 unspecified atom stereocenters. The van der Waals surface area contributed by atoms with Crippen molar-refractivity contribution in [3.05, 3.63) is 66.2 Å². The minimum atomic E-state index is 0.247. The standard InChI is InChI=1S/C18H22S/c1-15(16-10-6-4-7-11-16)14-18(2,3)19-17-12-8-5-9-13-17/h4-13,15H,14H2,1-3H3. The lowest BCUT2D eigenvalue weighted by Crippen LogP contribution is -2.17. The summed E-state index contributed by atoms with van der Waals surface area (Å²) in [6.45, 7) is 7.00. The largest absolute Gasteiger partial charge is 0.120 e. The van der Waals surface area contributed by atoms with Gasteiger partial charge in [-0.3, -0.25) is 0 Å². The summed E-state index contributed by atoms with van der Waals surface area (Å²) in [4.78, 5) is 1.35. The van der Waals surface area contributed by atoms with Crippen LogP contribution < -0.4 is 0 Å². The summed E-state index contributed by atoms with van der Waals surface area (Å²) in [5, 5.41) is 0. The molecule has 2 aromatic carbocycles. The number of hydrogen-bond donors (Lipinski definition) is 0. The fourth-order valence-corrected chi connectivity index (χ4v) is 3.75. The van der Waals surface area contributed by atoms with Crippen LogP contribution in [-0.4, -0.2) is 4.75 Å². The van der Waals surface area contributed by atoms with E-state index in [0.717, 1.165) is 0 Å². The van der Waals surface area contributed by atoms with E-state index in [-0.39, 0.29) is 4.75 Å². The van der Waals surface area contributed by atoms with Gasteiger partial charge in [0.05, 0.1) is 0 Å². The predicted molar refractivity (Wildman–Crippen MR) is 85.9 cm³/mol. The molecule has 0 amide bonds. The molecule has 0 saturated heterocycles. The second-order valence-corrected chi connectivity index (χ2v) is 7.47. The van der Waals surface area contributed by atoms with Gasteiger partial charge < -0.3 is 0 Å². The molecule has 0 radical (unpaired) electrons. The third-order valence-corrected chi connectivity index (χ3v) is 4.53. The molecule has 1 atom stereocenters. The van der Waals surface area contributed by atoms with Crippen molar-refractivity contribution in [3.8, 4) is 0 Å². The monoisotopic (exact) mass is 270 g/mol. The van der Waals surface area contributed by atoms with Gasteiger partial charge in [-0.25, -0.2) is 0 Å². The lowest BCUT2D eigenvalue weighted by Gasteiger charge is -2.28. The van der Waals surface area contributed by atoms with Crippen molar-refractivity contribution < 1.29 is 0 Å². The minimum absolute atomic E-state index is 0.247. The van der Waals surface area contributed by atoms with Crippen molar-refractivity contribution in [3.63, 3.8) is 0 Å². The van der Waals surface area contributed by atoms with E-state index < -0.39 is 0 Å². The lowest BCUT2D eigenvalue weighted by atomic mass is 9.91. The fourth-order valence-electron chi connectivity index (χ4n) is 2.49. The third kappa shape index (κ3) is 4.43. The Morgan fingerprint density at radius 1 is 0.895 bits per heavy atom. The van der Waals surface area contributed by atoms with Gasteiger partial charge in [-0.1, -0.05) is 69.3 Å². The van der Waals surface area contributed by atoms with Crippen LogP contribution in [-0.2, 0) is 0 Å². The summed E-state index contributed by atoms with van der Waals surface area (Å²) in [7, 11) is 0. The maximum Gasteiger partial charge on any atom is 0.0156 e. The Morgan fingerprint density at radius 3 is 2.00 bits per heavy atom. The van der Waals surface area contributed by atoms with Gasteiger partial charge >= 0.3 is 0 Å². The summed E-state index contributed by atoms with van der Waals surface area (Å²) < 4.78 is 0.247. The zero-order valence-electron chi connectivity index (χ0n) is 12.0. The normalized spacial score (nSPS) is 13.2. The Morgan fingerprint density at radius 2 is 1.42 bits per heavy atom. The van der Waals surface area contributed by atoms with Crippen LogP contribution in [0.2, 0.25) is 0 Å². The predicted octanol–water partition coefficient (Wildman–Crippen LogP) is 5.75. The molecular weight excluding hydrogens is 248 g/mol. The van der Waals surface area contributed by atoms with E-state index >= 15 is 0 Å². The van der Waals surface area contributed by atoms with Crippen LogP contribution in [0.15, 0.2) is 65.6 Å². The highest BCUT2D eigenvalue weighted by molar-refractivity contribution is 8.00. The Bertz CT molecular complexity index is 488. The van der Waals surface area contributed by atoms with Crippen molar-refractivity contribution in [1.82, 2.24) is 0 Å². The number of hydrogen-bond acceptors (Lipinski definition) is 1. The first-order valence-corrected chi connectivity index (χ1v) is 7.67. The van der Waals surface area contributed by atoms with E-state index in [1.54, 1.807) is 0 Å². The molecule has 2 rings (SSSR count). The van der Waals surface area contributed by atoms with E-state index in [9.17, 15) is 0 Å². The minimum Gasteiger partial charge on any atom is -0.120 e. The first kappa shape index (κ1) is 14.2. The summed E-state index contributed by atoms with van der Waals surface area (Å²) in [6.07, 6.45) is 1.18. The SMILES string of the molecule is CC(CC(C)(C)Sc1ccccc1)c1ccccc1. The fraction of sp³-hybridized carbons (Fsp3) is 0.333. The molecule has 19 heavy (non-hydrogen) atoms. The van der Waals surface area contributed by atoms with E-state index in [0.29, 0.717) is 5.92 Å². The number of rotatable bonds is 5. The molecule has 0 aromatic heterocycles. The maximum absolute atomic E-state index is 2.34. The van der Waals surface area contributed by atoms with Crippen LogP contribution in [0, 0.1) is 0 Å². The van der Waals surface area contributed by atoms with Gasteiger partial charge in [0.2, 0.25) is 0 Å². The molecule has 0 aliphatic heterocycles. The van der Waals surface area contributed by atoms with Gasteiger partial charge in [-0.15, -0.1) is 11.8 Å². The van der Waals surface area contributed by atoms with Crippen LogP contribution in [0.4, 0.5) is 0 Å². The van der Waals surface area contributed by atoms with E-state index in [2.05, 4.69) is 81.4 Å². The molecule has 0 aliphatic carbocycles. The van der Waals surface area contributed by atoms with Gasteiger partial charge in [0.15, 0.2) is 0 Å². The van der Waals surface area contributed by atoms with Crippen LogP contribution in [0.25, 0.3) is 0 Å². The Kier molecular flexibility index (Phi) is 4.71. The highest BCUT2D eigenvalue weighted by Crippen LogP contribution is 2.39. The first-order chi connectivity index (χ1) is 9.07. The third-order valence-electron chi connectivity index (χ3n) is 3.30. The molecule has 0 heterocycles. The van der Waals surface area contributed by atoms with Crippen LogP contribution in [0.3, 0.4) is 0 Å². The van der Waals surface area contributed by atoms with Gasteiger partial charge in [-0.2, -0.15) is 0 Å². The lowest BCUT2D eigenvalue weighted by molar-refractivity contribution is 0.565. The van der Waals surface area contributed by atoms with Gasteiger partial charge in [0.1, 0.15) is 0 Å². The second-order valence-electron chi connectivity index (χ2n) is 5.69. The summed E-state index contributed by atoms with van der Waals surface area (Å²) >= 11 is 1.97. The zero-order valence-corrected chi connectivity index (χ0v) is 12.8. The van der Waals surface area contributed by atoms with E-state index in [1.165, 1.54) is 16.9 Å². The van der Waals surface area contributed by atoms with Gasteiger partial charge in [0.25, 0.3) is 0 Å². The van der Waals surface area contributed by atoms with Crippen molar-refractivity contribution in [2.24, 2.45) is 0 Å². The molecule has 2 aromatic rings. The van der Waals surface area contributed by atoms with Crippen LogP contribution >= 0.6 is 11.8 Å². The highest BCUT2D eigenvalue weighted by atomic mass is 32.2. The average molecular weight is 270 g/mol. The molecule has 0 bridgehead atoms. The molecule has 0 fully saturated rings.